The standard InChI is InChI=1S/C47H35N3OSi/c1-32-41(33-16-15-23-37(30-33)52(34-17-5-2-6-18-34,35-19-7-3-8-20-35)36-21-9-4-10-22-36)31-48-47(49-32)50-42-26-13-11-24-38(42)39-28-29-44-45(46(39)50)40-25-12-14-27-43(40)51-44/h2-32,41H,1H3/q-1. The Balaban J connectivity index is 1.13. The summed E-state index contributed by atoms with van der Waals surface area (Å²) in [4.78, 5) is 10.6. The highest BCUT2D eigenvalue weighted by Gasteiger charge is 2.30. The van der Waals surface area contributed by atoms with Gasteiger partial charge in [-0.2, -0.15) is 20.7 Å². The van der Waals surface area contributed by atoms with Crippen LogP contribution in [0.25, 0.3) is 43.7 Å². The van der Waals surface area contributed by atoms with Gasteiger partial charge >= 0.3 is 0 Å². The molecule has 7 aromatic carbocycles. The number of rotatable bonds is 5. The molecule has 0 fully saturated rings. The van der Waals surface area contributed by atoms with Gasteiger partial charge in [0.05, 0.1) is 22.5 Å². The fraction of sp³-hybridized carbons (Fsp3) is 0.0638. The molecule has 2 aromatic heterocycles. The lowest BCUT2D eigenvalue weighted by atomic mass is 9.93. The molecule has 0 radical (unpaired) electrons. The second kappa shape index (κ2) is 12.2. The Morgan fingerprint density at radius 1 is 0.538 bits per heavy atom. The van der Waals surface area contributed by atoms with Crippen molar-refractivity contribution < 1.29 is 4.42 Å². The quantitative estimate of drug-likeness (QED) is 0.132. The van der Waals surface area contributed by atoms with Crippen molar-refractivity contribution in [3.05, 3.63) is 181 Å². The molecule has 9 aromatic rings. The van der Waals surface area contributed by atoms with Gasteiger partial charge < -0.3 is 4.42 Å². The largest absolute Gasteiger partial charge is 0.456 e. The molecule has 0 spiro atoms. The summed E-state index contributed by atoms with van der Waals surface area (Å²) in [5, 5.41) is 9.96. The van der Waals surface area contributed by atoms with Gasteiger partial charge in [-0.05, 0) is 44.8 Å². The van der Waals surface area contributed by atoms with E-state index in [0.717, 1.165) is 33.0 Å². The van der Waals surface area contributed by atoms with E-state index in [0.29, 0.717) is 5.96 Å². The number of para-hydroxylation sites is 2. The van der Waals surface area contributed by atoms with Gasteiger partial charge in [0.1, 0.15) is 11.2 Å². The minimum absolute atomic E-state index is 0.0144. The van der Waals surface area contributed by atoms with E-state index in [-0.39, 0.29) is 12.0 Å². The van der Waals surface area contributed by atoms with E-state index in [4.69, 9.17) is 14.4 Å². The lowest BCUT2D eigenvalue weighted by molar-refractivity contribution is 0.669. The molecule has 3 heterocycles. The van der Waals surface area contributed by atoms with Gasteiger partial charge in [0.2, 0.25) is 5.96 Å². The molecule has 0 saturated heterocycles. The van der Waals surface area contributed by atoms with Crippen molar-refractivity contribution in [1.82, 2.24) is 4.57 Å². The second-order valence-corrected chi connectivity index (χ2v) is 17.5. The number of hydrogen-bond acceptors (Lipinski definition) is 3. The van der Waals surface area contributed by atoms with Crippen LogP contribution in [0.15, 0.2) is 190 Å². The molecule has 1 aliphatic heterocycles. The SMILES string of the molecule is CC1N=C(n2c3ccccc3c3ccc4oc5ccccc5c4c32)N=CC1c1cccc([Si-](c2ccccc2)(c2ccccc2)c2ccccc2)c1. The van der Waals surface area contributed by atoms with E-state index < -0.39 is 8.07 Å². The van der Waals surface area contributed by atoms with Gasteiger partial charge in [0, 0.05) is 28.3 Å². The van der Waals surface area contributed by atoms with Gasteiger partial charge in [0.25, 0.3) is 0 Å². The van der Waals surface area contributed by atoms with Gasteiger partial charge in [-0.25, -0.2) is 9.98 Å². The minimum atomic E-state index is -2.67. The summed E-state index contributed by atoms with van der Waals surface area (Å²) >= 11 is 0. The van der Waals surface area contributed by atoms with Gasteiger partial charge in [-0.15, -0.1) is 0 Å². The lowest BCUT2D eigenvalue weighted by Gasteiger charge is -2.47. The van der Waals surface area contributed by atoms with Gasteiger partial charge in [-0.3, -0.25) is 4.57 Å². The van der Waals surface area contributed by atoms with Crippen LogP contribution in [0.5, 0.6) is 0 Å². The van der Waals surface area contributed by atoms with Crippen LogP contribution in [0.4, 0.5) is 0 Å². The number of fused-ring (bicyclic) bond motifs is 7. The molecule has 10 rings (SSSR count). The third-order valence-electron chi connectivity index (χ3n) is 10.9. The van der Waals surface area contributed by atoms with Crippen LogP contribution >= 0.6 is 0 Å². The Morgan fingerprint density at radius 3 is 1.81 bits per heavy atom. The number of aromatic nitrogens is 1. The molecule has 0 bridgehead atoms. The zero-order valence-electron chi connectivity index (χ0n) is 28.7. The van der Waals surface area contributed by atoms with Crippen molar-refractivity contribution in [3.63, 3.8) is 0 Å². The molecule has 249 valence electrons. The normalized spacial score (nSPS) is 16.2. The minimum Gasteiger partial charge on any atom is -0.456 e. The summed E-state index contributed by atoms with van der Waals surface area (Å²) < 4.78 is 8.58. The molecule has 1 aliphatic rings. The Hall–Kier alpha value is -6.30. The van der Waals surface area contributed by atoms with E-state index in [1.54, 1.807) is 0 Å². The number of furan rings is 1. The number of benzene rings is 7. The third-order valence-corrected chi connectivity index (χ3v) is 15.7. The molecule has 5 heteroatoms. The molecule has 0 aliphatic carbocycles. The molecule has 4 nitrogen and oxygen atoms in total. The fourth-order valence-electron chi connectivity index (χ4n) is 8.56. The molecular weight excluding hydrogens is 651 g/mol. The average molecular weight is 686 g/mol. The maximum atomic E-state index is 6.34. The molecule has 0 N–H and O–H groups in total. The number of nitrogens with zero attached hydrogens (tertiary/aromatic N) is 3. The third kappa shape index (κ3) is 4.59. The van der Waals surface area contributed by atoms with Crippen LogP contribution < -0.4 is 20.7 Å². The van der Waals surface area contributed by atoms with Crippen LogP contribution in [0.2, 0.25) is 0 Å². The first-order valence-corrected chi connectivity index (χ1v) is 19.9. The molecule has 2 unspecified atom stereocenters. The molecule has 52 heavy (non-hydrogen) atoms. The average Bonchev–Trinajstić information content (AvgIpc) is 3.75. The predicted octanol–water partition coefficient (Wildman–Crippen LogP) is 8.53. The zero-order valence-corrected chi connectivity index (χ0v) is 29.7. The summed E-state index contributed by atoms with van der Waals surface area (Å²) in [6, 6.07) is 63.6. The Kier molecular flexibility index (Phi) is 7.15. The topological polar surface area (TPSA) is 42.8 Å². The molecule has 0 saturated carbocycles. The second-order valence-electron chi connectivity index (χ2n) is 13.7. The summed E-state index contributed by atoms with van der Waals surface area (Å²) in [5.74, 6) is 0.714. The summed E-state index contributed by atoms with van der Waals surface area (Å²) in [6.07, 6.45) is 2.12. The Labute approximate surface area is 303 Å². The van der Waals surface area contributed by atoms with Crippen molar-refractivity contribution in [3.8, 4) is 0 Å². The Bertz CT molecular complexity index is 2720. The van der Waals surface area contributed by atoms with Crippen LogP contribution in [0, 0.1) is 0 Å². The highest BCUT2D eigenvalue weighted by Crippen LogP contribution is 2.39. The first kappa shape index (κ1) is 30.5. The predicted molar refractivity (Wildman–Crippen MR) is 220 cm³/mol. The Morgan fingerprint density at radius 2 is 1.13 bits per heavy atom. The first-order valence-electron chi connectivity index (χ1n) is 17.9. The summed E-state index contributed by atoms with van der Waals surface area (Å²) in [5.41, 5.74) is 5.13. The van der Waals surface area contributed by atoms with Crippen LogP contribution in [-0.2, 0) is 0 Å². The number of hydrogen-bond donors (Lipinski definition) is 0. The van der Waals surface area contributed by atoms with E-state index >= 15 is 0 Å². The fourth-order valence-corrected chi connectivity index (χ4v) is 13.4. The monoisotopic (exact) mass is 685 g/mol. The van der Waals surface area contributed by atoms with Crippen LogP contribution in [0.1, 0.15) is 18.4 Å². The highest BCUT2D eigenvalue weighted by molar-refractivity contribution is 7.19. The van der Waals surface area contributed by atoms with E-state index in [2.05, 4.69) is 181 Å². The first-order chi connectivity index (χ1) is 25.7. The van der Waals surface area contributed by atoms with Crippen LogP contribution in [-0.4, -0.2) is 30.9 Å². The van der Waals surface area contributed by atoms with Crippen molar-refractivity contribution in [2.24, 2.45) is 9.98 Å². The molecule has 2 atom stereocenters. The van der Waals surface area contributed by atoms with Crippen LogP contribution in [0.3, 0.4) is 0 Å². The zero-order chi connectivity index (χ0) is 34.6. The van der Waals surface area contributed by atoms with Crippen molar-refractivity contribution in [2.45, 2.75) is 18.9 Å². The lowest BCUT2D eigenvalue weighted by Crippen LogP contribution is -2.74. The maximum absolute atomic E-state index is 6.34. The maximum Gasteiger partial charge on any atom is 0.229 e. The summed E-state index contributed by atoms with van der Waals surface area (Å²) in [7, 11) is -2.67. The highest BCUT2D eigenvalue weighted by atomic mass is 28.3. The van der Waals surface area contributed by atoms with Crippen molar-refractivity contribution >= 4 is 84.7 Å². The van der Waals surface area contributed by atoms with Crippen molar-refractivity contribution in [1.29, 1.82) is 0 Å². The number of aliphatic imine (C=N–C) groups is 2. The molecular formula is C47H35N3OSi-. The van der Waals surface area contributed by atoms with E-state index in [1.165, 1.54) is 37.1 Å². The smallest absolute Gasteiger partial charge is 0.229 e. The van der Waals surface area contributed by atoms with Gasteiger partial charge in [0.15, 0.2) is 0 Å². The van der Waals surface area contributed by atoms with Crippen molar-refractivity contribution in [2.75, 3.05) is 0 Å². The van der Waals surface area contributed by atoms with E-state index in [1.807, 2.05) is 12.1 Å². The summed E-state index contributed by atoms with van der Waals surface area (Å²) in [6.45, 7) is 2.22. The van der Waals surface area contributed by atoms with Gasteiger partial charge in [-0.1, -0.05) is 152 Å². The molecule has 0 amide bonds. The van der Waals surface area contributed by atoms with E-state index in [9.17, 15) is 0 Å².